The molecule has 1 aromatic carbocycles. The summed E-state index contributed by atoms with van der Waals surface area (Å²) in [6.45, 7) is 4.26. The molecule has 2 nitrogen and oxygen atoms in total. The zero-order chi connectivity index (χ0) is 12.9. The van der Waals surface area contributed by atoms with Crippen molar-refractivity contribution in [1.29, 1.82) is 0 Å². The molecule has 1 fully saturated rings. The Kier molecular flexibility index (Phi) is 2.70. The number of rotatable bonds is 2. The summed E-state index contributed by atoms with van der Waals surface area (Å²) in [5, 5.41) is 2.17. The Bertz CT molecular complexity index is 668. The number of pyridine rings is 1. The third-order valence-electron chi connectivity index (χ3n) is 3.56. The summed E-state index contributed by atoms with van der Waals surface area (Å²) < 4.78 is 1.96. The number of aromatic nitrogens is 1. The largest absolute Gasteiger partial charge is 0.309 e. The maximum Gasteiger partial charge on any atom is 0.260 e. The molecule has 1 aliphatic rings. The van der Waals surface area contributed by atoms with Gasteiger partial charge in [0.1, 0.15) is 0 Å². The SMILES string of the molecule is CC(C)c1cc2cccc(Cl)c2c(=O)n1C1CC1. The number of benzene rings is 1. The quantitative estimate of drug-likeness (QED) is 0.797. The lowest BCUT2D eigenvalue weighted by Crippen LogP contribution is -2.23. The predicted molar refractivity (Wildman–Crippen MR) is 75.6 cm³/mol. The van der Waals surface area contributed by atoms with Crippen LogP contribution in [0, 0.1) is 0 Å². The Balaban J connectivity index is 2.42. The predicted octanol–water partition coefficient (Wildman–Crippen LogP) is 4.11. The normalized spacial score (nSPS) is 15.6. The van der Waals surface area contributed by atoms with E-state index in [4.69, 9.17) is 11.6 Å². The highest BCUT2D eigenvalue weighted by molar-refractivity contribution is 6.35. The molecule has 0 radical (unpaired) electrons. The molecule has 3 rings (SSSR count). The van der Waals surface area contributed by atoms with Gasteiger partial charge in [0.15, 0.2) is 0 Å². The van der Waals surface area contributed by atoms with Crippen molar-refractivity contribution in [2.45, 2.75) is 38.6 Å². The second-order valence-corrected chi connectivity index (χ2v) is 5.74. The molecule has 0 unspecified atom stereocenters. The van der Waals surface area contributed by atoms with Crippen molar-refractivity contribution in [2.24, 2.45) is 0 Å². The molecule has 1 heterocycles. The summed E-state index contributed by atoms with van der Waals surface area (Å²) in [6, 6.07) is 8.15. The lowest BCUT2D eigenvalue weighted by molar-refractivity contribution is 0.632. The fraction of sp³-hybridized carbons (Fsp3) is 0.400. The highest BCUT2D eigenvalue weighted by Crippen LogP contribution is 2.37. The summed E-state index contributed by atoms with van der Waals surface area (Å²) in [7, 11) is 0. The molecule has 1 aromatic heterocycles. The first-order valence-electron chi connectivity index (χ1n) is 6.43. The number of hydrogen-bond donors (Lipinski definition) is 0. The number of hydrogen-bond acceptors (Lipinski definition) is 1. The second-order valence-electron chi connectivity index (χ2n) is 5.33. The van der Waals surface area contributed by atoms with E-state index in [0.717, 1.165) is 23.9 Å². The van der Waals surface area contributed by atoms with E-state index in [9.17, 15) is 4.79 Å². The molecule has 0 atom stereocenters. The number of fused-ring (bicyclic) bond motifs is 1. The minimum atomic E-state index is 0.0734. The molecular formula is C15H16ClNO. The van der Waals surface area contributed by atoms with Gasteiger partial charge in [-0.25, -0.2) is 0 Å². The maximum absolute atomic E-state index is 12.6. The van der Waals surface area contributed by atoms with Gasteiger partial charge in [0.2, 0.25) is 0 Å². The van der Waals surface area contributed by atoms with Crippen molar-refractivity contribution in [1.82, 2.24) is 4.57 Å². The fourth-order valence-electron chi connectivity index (χ4n) is 2.51. The van der Waals surface area contributed by atoms with Gasteiger partial charge in [-0.2, -0.15) is 0 Å². The molecule has 0 aliphatic heterocycles. The van der Waals surface area contributed by atoms with Crippen molar-refractivity contribution in [3.63, 3.8) is 0 Å². The van der Waals surface area contributed by atoms with Crippen molar-refractivity contribution < 1.29 is 0 Å². The fourth-order valence-corrected chi connectivity index (χ4v) is 2.77. The van der Waals surface area contributed by atoms with E-state index in [-0.39, 0.29) is 5.56 Å². The summed E-state index contributed by atoms with van der Waals surface area (Å²) >= 11 is 6.18. The first-order valence-corrected chi connectivity index (χ1v) is 6.81. The van der Waals surface area contributed by atoms with Gasteiger partial charge in [0.05, 0.1) is 10.4 Å². The van der Waals surface area contributed by atoms with Gasteiger partial charge in [0.25, 0.3) is 5.56 Å². The average Bonchev–Trinajstić information content (AvgIpc) is 3.12. The van der Waals surface area contributed by atoms with E-state index in [1.807, 2.05) is 16.7 Å². The molecule has 0 saturated heterocycles. The summed E-state index contributed by atoms with van der Waals surface area (Å²) in [5.74, 6) is 0.349. The van der Waals surface area contributed by atoms with Crippen LogP contribution < -0.4 is 5.56 Å². The van der Waals surface area contributed by atoms with Crippen molar-refractivity contribution in [3.8, 4) is 0 Å². The van der Waals surface area contributed by atoms with Crippen LogP contribution in [0.3, 0.4) is 0 Å². The molecule has 0 bridgehead atoms. The lowest BCUT2D eigenvalue weighted by atomic mass is 10.0. The molecule has 0 N–H and O–H groups in total. The van der Waals surface area contributed by atoms with Crippen molar-refractivity contribution in [2.75, 3.05) is 0 Å². The zero-order valence-electron chi connectivity index (χ0n) is 10.6. The van der Waals surface area contributed by atoms with Crippen LogP contribution in [0.1, 0.15) is 44.3 Å². The highest BCUT2D eigenvalue weighted by Gasteiger charge is 2.28. The van der Waals surface area contributed by atoms with Gasteiger partial charge in [-0.05, 0) is 36.3 Å². The Hall–Kier alpha value is -1.28. The molecule has 1 saturated carbocycles. The zero-order valence-corrected chi connectivity index (χ0v) is 11.4. The average molecular weight is 262 g/mol. The summed E-state index contributed by atoms with van der Waals surface area (Å²) in [4.78, 5) is 12.6. The van der Waals surface area contributed by atoms with Crippen LogP contribution in [0.15, 0.2) is 29.1 Å². The van der Waals surface area contributed by atoms with Gasteiger partial charge in [-0.1, -0.05) is 37.6 Å². The van der Waals surface area contributed by atoms with Crippen LogP contribution in [-0.2, 0) is 0 Å². The van der Waals surface area contributed by atoms with Crippen molar-refractivity contribution in [3.05, 3.63) is 45.3 Å². The smallest absolute Gasteiger partial charge is 0.260 e. The number of nitrogens with zero attached hydrogens (tertiary/aromatic N) is 1. The van der Waals surface area contributed by atoms with Gasteiger partial charge >= 0.3 is 0 Å². The van der Waals surface area contributed by atoms with Crippen LogP contribution in [-0.4, -0.2) is 4.57 Å². The van der Waals surface area contributed by atoms with Crippen LogP contribution in [0.5, 0.6) is 0 Å². The Morgan fingerprint density at radius 1 is 1.33 bits per heavy atom. The standard InChI is InChI=1S/C15H16ClNO/c1-9(2)13-8-10-4-3-5-12(16)14(10)15(18)17(13)11-6-7-11/h3-5,8-9,11H,6-7H2,1-2H3. The lowest BCUT2D eigenvalue weighted by Gasteiger charge is -2.17. The first kappa shape index (κ1) is 11.8. The van der Waals surface area contributed by atoms with Gasteiger partial charge in [-0.15, -0.1) is 0 Å². The summed E-state index contributed by atoms with van der Waals surface area (Å²) in [5.41, 5.74) is 1.20. The maximum atomic E-state index is 12.6. The first-order chi connectivity index (χ1) is 8.59. The van der Waals surface area contributed by atoms with Gasteiger partial charge in [0, 0.05) is 11.7 Å². The third-order valence-corrected chi connectivity index (χ3v) is 3.88. The van der Waals surface area contributed by atoms with E-state index in [1.54, 1.807) is 6.07 Å². The van der Waals surface area contributed by atoms with Gasteiger partial charge in [-0.3, -0.25) is 4.79 Å². The van der Waals surface area contributed by atoms with E-state index >= 15 is 0 Å². The van der Waals surface area contributed by atoms with Crippen molar-refractivity contribution >= 4 is 22.4 Å². The topological polar surface area (TPSA) is 22.0 Å². The van der Waals surface area contributed by atoms with Crippen LogP contribution in [0.2, 0.25) is 5.02 Å². The minimum Gasteiger partial charge on any atom is -0.309 e. The van der Waals surface area contributed by atoms with Gasteiger partial charge < -0.3 is 4.57 Å². The van der Waals surface area contributed by atoms with E-state index in [1.165, 1.54) is 0 Å². The molecule has 0 spiro atoms. The van der Waals surface area contributed by atoms with E-state index < -0.39 is 0 Å². The second kappa shape index (κ2) is 4.13. The Labute approximate surface area is 111 Å². The number of halogens is 1. The third kappa shape index (κ3) is 1.76. The van der Waals surface area contributed by atoms with E-state index in [2.05, 4.69) is 19.9 Å². The van der Waals surface area contributed by atoms with E-state index in [0.29, 0.717) is 22.4 Å². The molecular weight excluding hydrogens is 246 g/mol. The van der Waals surface area contributed by atoms with Crippen LogP contribution >= 0.6 is 11.6 Å². The highest BCUT2D eigenvalue weighted by atomic mass is 35.5. The minimum absolute atomic E-state index is 0.0734. The molecule has 18 heavy (non-hydrogen) atoms. The molecule has 3 heteroatoms. The molecule has 94 valence electrons. The van der Waals surface area contributed by atoms with Crippen LogP contribution in [0.4, 0.5) is 0 Å². The Morgan fingerprint density at radius 2 is 2.06 bits per heavy atom. The summed E-state index contributed by atoms with van der Waals surface area (Å²) in [6.07, 6.45) is 2.21. The monoisotopic (exact) mass is 261 g/mol. The Morgan fingerprint density at radius 3 is 2.67 bits per heavy atom. The molecule has 0 amide bonds. The van der Waals surface area contributed by atoms with Crippen LogP contribution in [0.25, 0.3) is 10.8 Å². The molecule has 1 aliphatic carbocycles. The molecule has 2 aromatic rings.